The lowest BCUT2D eigenvalue weighted by atomic mass is 10.3. The van der Waals surface area contributed by atoms with E-state index in [4.69, 9.17) is 15.2 Å². The monoisotopic (exact) mass is 324 g/mol. The van der Waals surface area contributed by atoms with Crippen molar-refractivity contribution in [3.8, 4) is 0 Å². The van der Waals surface area contributed by atoms with Gasteiger partial charge in [0.2, 0.25) is 10.0 Å². The zero-order valence-corrected chi connectivity index (χ0v) is 12.4. The molecular formula is C12H18F2N2O4S. The van der Waals surface area contributed by atoms with Crippen LogP contribution in [0.2, 0.25) is 0 Å². The van der Waals surface area contributed by atoms with Gasteiger partial charge in [-0.1, -0.05) is 0 Å². The number of ether oxygens (including phenoxy) is 2. The Bertz CT molecular complexity index is 567. The van der Waals surface area contributed by atoms with Crippen LogP contribution in [0.1, 0.15) is 6.42 Å². The summed E-state index contributed by atoms with van der Waals surface area (Å²) in [7, 11) is -2.62. The van der Waals surface area contributed by atoms with Crippen LogP contribution in [0.4, 0.5) is 14.5 Å². The second kappa shape index (κ2) is 8.23. The Labute approximate surface area is 122 Å². The fourth-order valence-electron chi connectivity index (χ4n) is 1.48. The summed E-state index contributed by atoms with van der Waals surface area (Å²) in [6.07, 6.45) is 0.384. The normalized spacial score (nSPS) is 11.8. The van der Waals surface area contributed by atoms with E-state index in [-0.39, 0.29) is 12.2 Å². The average Bonchev–Trinajstić information content (AvgIpc) is 2.41. The fraction of sp³-hybridized carbons (Fsp3) is 0.500. The maximum atomic E-state index is 13.5. The summed E-state index contributed by atoms with van der Waals surface area (Å²) in [6.45, 7) is 1.20. The van der Waals surface area contributed by atoms with Crippen LogP contribution in [0.5, 0.6) is 0 Å². The number of halogens is 2. The summed E-state index contributed by atoms with van der Waals surface area (Å²) in [5, 5.41) is 0. The first-order valence-electron chi connectivity index (χ1n) is 6.19. The van der Waals surface area contributed by atoms with Gasteiger partial charge in [-0.15, -0.1) is 0 Å². The highest BCUT2D eigenvalue weighted by Gasteiger charge is 2.22. The maximum Gasteiger partial charge on any atom is 0.243 e. The van der Waals surface area contributed by atoms with Crippen LogP contribution < -0.4 is 10.5 Å². The van der Waals surface area contributed by atoms with E-state index in [0.29, 0.717) is 26.2 Å². The molecule has 0 saturated carbocycles. The molecule has 1 rings (SSSR count). The molecule has 0 heterocycles. The van der Waals surface area contributed by atoms with E-state index < -0.39 is 26.6 Å². The summed E-state index contributed by atoms with van der Waals surface area (Å²) < 4.78 is 62.4. The van der Waals surface area contributed by atoms with E-state index in [1.807, 2.05) is 0 Å². The Morgan fingerprint density at radius 3 is 2.62 bits per heavy atom. The Balaban J connectivity index is 2.55. The van der Waals surface area contributed by atoms with E-state index in [1.54, 1.807) is 0 Å². The number of benzene rings is 1. The highest BCUT2D eigenvalue weighted by Crippen LogP contribution is 2.20. The van der Waals surface area contributed by atoms with Crippen molar-refractivity contribution in [2.45, 2.75) is 11.3 Å². The largest absolute Gasteiger partial charge is 0.399 e. The quantitative estimate of drug-likeness (QED) is 0.520. The molecule has 0 atom stereocenters. The zero-order chi connectivity index (χ0) is 15.9. The third-order valence-electron chi connectivity index (χ3n) is 2.50. The van der Waals surface area contributed by atoms with Crippen molar-refractivity contribution < 1.29 is 26.7 Å². The Kier molecular flexibility index (Phi) is 6.96. The van der Waals surface area contributed by atoms with E-state index in [0.717, 1.165) is 12.1 Å². The summed E-state index contributed by atoms with van der Waals surface area (Å²) in [4.78, 5) is -0.805. The Morgan fingerprint density at radius 2 is 1.95 bits per heavy atom. The number of hydrogen-bond acceptors (Lipinski definition) is 5. The first-order valence-corrected chi connectivity index (χ1v) is 7.67. The number of nitrogens with two attached hydrogens (primary N) is 1. The van der Waals surface area contributed by atoms with Crippen molar-refractivity contribution >= 4 is 15.7 Å². The Hall–Kier alpha value is -1.29. The number of nitrogen functional groups attached to an aromatic ring is 1. The highest BCUT2D eigenvalue weighted by molar-refractivity contribution is 7.89. The van der Waals surface area contributed by atoms with Crippen molar-refractivity contribution in [3.63, 3.8) is 0 Å². The lowest BCUT2D eigenvalue weighted by Gasteiger charge is -2.09. The van der Waals surface area contributed by atoms with Crippen molar-refractivity contribution in [2.75, 3.05) is 39.2 Å². The molecule has 1 aromatic rings. The molecule has 0 aliphatic heterocycles. The van der Waals surface area contributed by atoms with E-state index in [9.17, 15) is 17.2 Å². The molecule has 6 nitrogen and oxygen atoms in total. The molecule has 0 fully saturated rings. The second-order valence-corrected chi connectivity index (χ2v) is 5.91. The number of sulfonamides is 1. The maximum absolute atomic E-state index is 13.5. The van der Waals surface area contributed by atoms with Gasteiger partial charge in [0.25, 0.3) is 0 Å². The molecule has 120 valence electrons. The Morgan fingerprint density at radius 1 is 1.24 bits per heavy atom. The van der Waals surface area contributed by atoms with Gasteiger partial charge in [0.05, 0.1) is 13.2 Å². The van der Waals surface area contributed by atoms with Crippen LogP contribution >= 0.6 is 0 Å². The molecule has 0 aliphatic rings. The number of rotatable bonds is 9. The van der Waals surface area contributed by atoms with Crippen molar-refractivity contribution in [1.82, 2.24) is 4.72 Å². The third kappa shape index (κ3) is 5.54. The highest BCUT2D eigenvalue weighted by atomic mass is 32.2. The molecule has 0 bridgehead atoms. The molecule has 9 heteroatoms. The molecule has 1 aromatic carbocycles. The minimum absolute atomic E-state index is 0.0329. The smallest absolute Gasteiger partial charge is 0.243 e. The number of methoxy groups -OCH3 is 1. The predicted octanol–water partition coefficient (Wildman–Crippen LogP) is 0.878. The van der Waals surface area contributed by atoms with Gasteiger partial charge in [0, 0.05) is 25.9 Å². The van der Waals surface area contributed by atoms with Crippen LogP contribution in [-0.4, -0.2) is 41.9 Å². The van der Waals surface area contributed by atoms with Crippen molar-refractivity contribution in [1.29, 1.82) is 0 Å². The SMILES string of the molecule is COCCOCCCNS(=O)(=O)c1cc(N)cc(F)c1F. The zero-order valence-electron chi connectivity index (χ0n) is 11.6. The summed E-state index contributed by atoms with van der Waals surface area (Å²) in [6, 6.07) is 1.59. The van der Waals surface area contributed by atoms with Crippen molar-refractivity contribution in [2.24, 2.45) is 0 Å². The van der Waals surface area contributed by atoms with Crippen LogP contribution in [0.15, 0.2) is 17.0 Å². The van der Waals surface area contributed by atoms with Gasteiger partial charge in [-0.2, -0.15) is 0 Å². The van der Waals surface area contributed by atoms with E-state index in [1.165, 1.54) is 7.11 Å². The standard InChI is InChI=1S/C12H18F2N2O4S/c1-19-5-6-20-4-2-3-16-21(17,18)11-8-9(15)7-10(13)12(11)14/h7-8,16H,2-6,15H2,1H3. The van der Waals surface area contributed by atoms with Gasteiger partial charge in [0.15, 0.2) is 11.6 Å². The summed E-state index contributed by atoms with van der Waals surface area (Å²) in [5.41, 5.74) is 5.15. The van der Waals surface area contributed by atoms with Crippen LogP contribution in [-0.2, 0) is 19.5 Å². The van der Waals surface area contributed by atoms with Crippen LogP contribution in [0.25, 0.3) is 0 Å². The lowest BCUT2D eigenvalue weighted by Crippen LogP contribution is -2.27. The molecule has 0 aromatic heterocycles. The lowest BCUT2D eigenvalue weighted by molar-refractivity contribution is 0.0699. The number of anilines is 1. The summed E-state index contributed by atoms with van der Waals surface area (Å²) >= 11 is 0. The first-order chi connectivity index (χ1) is 9.88. The van der Waals surface area contributed by atoms with Gasteiger partial charge in [-0.05, 0) is 18.6 Å². The fourth-order valence-corrected chi connectivity index (χ4v) is 2.68. The second-order valence-electron chi connectivity index (χ2n) is 4.17. The molecule has 0 unspecified atom stereocenters. The van der Waals surface area contributed by atoms with Gasteiger partial charge in [-0.3, -0.25) is 0 Å². The molecule has 0 saturated heterocycles. The molecule has 3 N–H and O–H groups in total. The molecular weight excluding hydrogens is 306 g/mol. The van der Waals surface area contributed by atoms with Crippen LogP contribution in [0, 0.1) is 11.6 Å². The number of nitrogens with one attached hydrogen (secondary N) is 1. The van der Waals surface area contributed by atoms with E-state index >= 15 is 0 Å². The van der Waals surface area contributed by atoms with Gasteiger partial charge < -0.3 is 15.2 Å². The molecule has 21 heavy (non-hydrogen) atoms. The minimum atomic E-state index is -4.16. The topological polar surface area (TPSA) is 90.6 Å². The molecule has 0 aliphatic carbocycles. The average molecular weight is 324 g/mol. The van der Waals surface area contributed by atoms with Crippen molar-refractivity contribution in [3.05, 3.63) is 23.8 Å². The van der Waals surface area contributed by atoms with Gasteiger partial charge in [-0.25, -0.2) is 21.9 Å². The third-order valence-corrected chi connectivity index (χ3v) is 3.96. The van der Waals surface area contributed by atoms with Gasteiger partial charge >= 0.3 is 0 Å². The first kappa shape index (κ1) is 17.8. The van der Waals surface area contributed by atoms with E-state index in [2.05, 4.69) is 4.72 Å². The van der Waals surface area contributed by atoms with Gasteiger partial charge in [0.1, 0.15) is 4.90 Å². The minimum Gasteiger partial charge on any atom is -0.399 e. The molecule has 0 spiro atoms. The molecule has 0 radical (unpaired) electrons. The van der Waals surface area contributed by atoms with Crippen LogP contribution in [0.3, 0.4) is 0 Å². The molecule has 0 amide bonds. The number of hydrogen-bond donors (Lipinski definition) is 2. The predicted molar refractivity (Wildman–Crippen MR) is 73.3 cm³/mol. The summed E-state index contributed by atoms with van der Waals surface area (Å²) in [5.74, 6) is -2.76.